The number of ketones is 1. The Morgan fingerprint density at radius 2 is 1.62 bits per heavy atom. The minimum absolute atomic E-state index is 0.0930. The van der Waals surface area contributed by atoms with E-state index >= 15 is 0 Å². The maximum absolute atomic E-state index is 13.4. The first-order valence-electron chi connectivity index (χ1n) is 10.6. The van der Waals surface area contributed by atoms with Crippen LogP contribution >= 0.6 is 0 Å². The van der Waals surface area contributed by atoms with E-state index in [9.17, 15) is 19.1 Å². The van der Waals surface area contributed by atoms with Crippen molar-refractivity contribution in [1.29, 1.82) is 0 Å². The predicted octanol–water partition coefficient (Wildman–Crippen LogP) is 4.40. The first-order chi connectivity index (χ1) is 13.9. The SMILES string of the molecule is CCCCN(CCCC)CCCN1C(=O)C(O)=C(C(C)=O)[C@H]1c1ccc(F)cc1. The molecule has 1 aliphatic rings. The molecule has 0 unspecified atom stereocenters. The normalized spacial score (nSPS) is 16.9. The van der Waals surface area contributed by atoms with Crippen LogP contribution in [0.4, 0.5) is 4.39 Å². The molecule has 1 heterocycles. The second-order valence-electron chi connectivity index (χ2n) is 7.67. The van der Waals surface area contributed by atoms with Gasteiger partial charge in [-0.3, -0.25) is 9.59 Å². The molecule has 1 amide bonds. The number of carbonyl (C=O) groups excluding carboxylic acids is 2. The van der Waals surface area contributed by atoms with Gasteiger partial charge in [0.05, 0.1) is 11.6 Å². The van der Waals surface area contributed by atoms with Crippen LogP contribution in [0.3, 0.4) is 0 Å². The van der Waals surface area contributed by atoms with Gasteiger partial charge in [-0.25, -0.2) is 4.39 Å². The van der Waals surface area contributed by atoms with Crippen molar-refractivity contribution in [3.05, 3.63) is 47.0 Å². The molecule has 0 radical (unpaired) electrons. The molecular formula is C23H33FN2O3. The Hall–Kier alpha value is -2.21. The van der Waals surface area contributed by atoms with Crippen LogP contribution in [0, 0.1) is 5.82 Å². The number of carbonyl (C=O) groups is 2. The Labute approximate surface area is 173 Å². The monoisotopic (exact) mass is 404 g/mol. The van der Waals surface area contributed by atoms with Gasteiger partial charge in [-0.2, -0.15) is 0 Å². The number of nitrogens with zero attached hydrogens (tertiary/aromatic N) is 2. The van der Waals surface area contributed by atoms with E-state index in [1.807, 2.05) is 0 Å². The molecule has 0 aliphatic carbocycles. The molecule has 0 bridgehead atoms. The van der Waals surface area contributed by atoms with Crippen LogP contribution in [0.25, 0.3) is 0 Å². The van der Waals surface area contributed by atoms with E-state index in [2.05, 4.69) is 18.7 Å². The van der Waals surface area contributed by atoms with Crippen molar-refractivity contribution in [2.24, 2.45) is 0 Å². The van der Waals surface area contributed by atoms with Crippen LogP contribution in [0.2, 0.25) is 0 Å². The van der Waals surface area contributed by atoms with Gasteiger partial charge in [0.2, 0.25) is 0 Å². The zero-order valence-electron chi connectivity index (χ0n) is 17.8. The lowest BCUT2D eigenvalue weighted by Gasteiger charge is -2.28. The summed E-state index contributed by atoms with van der Waals surface area (Å²) in [5.41, 5.74) is 0.721. The Balaban J connectivity index is 2.13. The summed E-state index contributed by atoms with van der Waals surface area (Å²) in [5.74, 6) is -1.75. The Morgan fingerprint density at radius 1 is 1.07 bits per heavy atom. The van der Waals surface area contributed by atoms with Crippen LogP contribution in [0.5, 0.6) is 0 Å². The average Bonchev–Trinajstić information content (AvgIpc) is 2.95. The fourth-order valence-electron chi connectivity index (χ4n) is 3.80. The zero-order valence-corrected chi connectivity index (χ0v) is 17.8. The molecule has 29 heavy (non-hydrogen) atoms. The molecule has 0 spiro atoms. The summed E-state index contributed by atoms with van der Waals surface area (Å²) in [6.07, 6.45) is 5.30. The molecule has 1 aromatic rings. The number of aliphatic hydroxyl groups is 1. The molecule has 0 aromatic heterocycles. The maximum atomic E-state index is 13.4. The highest BCUT2D eigenvalue weighted by atomic mass is 19.1. The molecule has 1 N–H and O–H groups in total. The van der Waals surface area contributed by atoms with Crippen LogP contribution in [-0.4, -0.2) is 52.8 Å². The third kappa shape index (κ3) is 5.89. The smallest absolute Gasteiger partial charge is 0.290 e. The summed E-state index contributed by atoms with van der Waals surface area (Å²) in [7, 11) is 0. The second-order valence-corrected chi connectivity index (χ2v) is 7.67. The lowest BCUT2D eigenvalue weighted by molar-refractivity contribution is -0.129. The summed E-state index contributed by atoms with van der Waals surface area (Å²) in [5, 5.41) is 10.3. The summed E-state index contributed by atoms with van der Waals surface area (Å²) < 4.78 is 13.4. The van der Waals surface area contributed by atoms with Gasteiger partial charge in [0, 0.05) is 6.54 Å². The first kappa shape index (κ1) is 23.1. The van der Waals surface area contributed by atoms with E-state index < -0.39 is 17.7 Å². The lowest BCUT2D eigenvalue weighted by atomic mass is 9.96. The minimum atomic E-state index is -0.666. The van der Waals surface area contributed by atoms with E-state index in [4.69, 9.17) is 0 Å². The van der Waals surface area contributed by atoms with Gasteiger partial charge < -0.3 is 14.9 Å². The van der Waals surface area contributed by atoms with Crippen molar-refractivity contribution in [1.82, 2.24) is 9.80 Å². The quantitative estimate of drug-likeness (QED) is 0.561. The number of unbranched alkanes of at least 4 members (excludes halogenated alkanes) is 2. The Bertz CT molecular complexity index is 722. The Morgan fingerprint density at radius 3 is 2.14 bits per heavy atom. The van der Waals surface area contributed by atoms with Gasteiger partial charge in [-0.15, -0.1) is 0 Å². The van der Waals surface area contributed by atoms with Crippen molar-refractivity contribution >= 4 is 11.7 Å². The van der Waals surface area contributed by atoms with Crippen LogP contribution in [-0.2, 0) is 9.59 Å². The number of hydrogen-bond acceptors (Lipinski definition) is 4. The van der Waals surface area contributed by atoms with E-state index in [-0.39, 0.29) is 17.2 Å². The van der Waals surface area contributed by atoms with Crippen molar-refractivity contribution in [3.8, 4) is 0 Å². The molecule has 1 atom stereocenters. The Kier molecular flexibility index (Phi) is 8.83. The average molecular weight is 405 g/mol. The number of aliphatic hydroxyl groups excluding tert-OH is 1. The van der Waals surface area contributed by atoms with E-state index in [1.54, 1.807) is 12.1 Å². The zero-order chi connectivity index (χ0) is 21.4. The van der Waals surface area contributed by atoms with Gasteiger partial charge in [0.15, 0.2) is 11.5 Å². The van der Waals surface area contributed by atoms with E-state index in [0.717, 1.165) is 51.7 Å². The van der Waals surface area contributed by atoms with Gasteiger partial charge in [-0.1, -0.05) is 38.8 Å². The van der Waals surface area contributed by atoms with E-state index in [0.29, 0.717) is 12.1 Å². The van der Waals surface area contributed by atoms with Crippen molar-refractivity contribution in [2.45, 2.75) is 58.9 Å². The van der Waals surface area contributed by atoms with Gasteiger partial charge in [-0.05, 0) is 63.5 Å². The minimum Gasteiger partial charge on any atom is -0.503 e. The largest absolute Gasteiger partial charge is 0.503 e. The van der Waals surface area contributed by atoms with Gasteiger partial charge in [0.25, 0.3) is 5.91 Å². The summed E-state index contributed by atoms with van der Waals surface area (Å²) in [6, 6.07) is 5.08. The summed E-state index contributed by atoms with van der Waals surface area (Å²) in [6.45, 7) is 9.04. The highest BCUT2D eigenvalue weighted by Crippen LogP contribution is 2.37. The molecule has 1 aromatic carbocycles. The lowest BCUT2D eigenvalue weighted by Crippen LogP contribution is -2.35. The third-order valence-corrected chi connectivity index (χ3v) is 5.40. The molecule has 5 nitrogen and oxygen atoms in total. The third-order valence-electron chi connectivity index (χ3n) is 5.40. The maximum Gasteiger partial charge on any atom is 0.290 e. The fraction of sp³-hybridized carbons (Fsp3) is 0.565. The number of hydrogen-bond donors (Lipinski definition) is 1. The fourth-order valence-corrected chi connectivity index (χ4v) is 3.80. The number of rotatable bonds is 12. The van der Waals surface area contributed by atoms with Crippen LogP contribution in [0.15, 0.2) is 35.6 Å². The standard InChI is InChI=1S/C23H33FN2O3/c1-4-6-13-25(14-7-5-2)15-8-16-26-21(18-9-11-19(24)12-10-18)20(17(3)27)22(28)23(26)29/h9-12,21,28H,4-8,13-16H2,1-3H3/t21-/m1/s1. The molecule has 1 aliphatic heterocycles. The van der Waals surface area contributed by atoms with Crippen LogP contribution < -0.4 is 0 Å². The molecule has 160 valence electrons. The van der Waals surface area contributed by atoms with Gasteiger partial charge in [0.1, 0.15) is 5.82 Å². The molecule has 0 saturated heterocycles. The number of amides is 1. The van der Waals surface area contributed by atoms with E-state index in [1.165, 1.54) is 24.0 Å². The summed E-state index contributed by atoms with van der Waals surface area (Å²) in [4.78, 5) is 28.8. The molecular weight excluding hydrogens is 371 g/mol. The van der Waals surface area contributed by atoms with Crippen molar-refractivity contribution in [3.63, 3.8) is 0 Å². The summed E-state index contributed by atoms with van der Waals surface area (Å²) >= 11 is 0. The molecule has 6 heteroatoms. The highest BCUT2D eigenvalue weighted by molar-refractivity contribution is 6.08. The molecule has 0 fully saturated rings. The number of halogens is 1. The van der Waals surface area contributed by atoms with Crippen molar-refractivity contribution in [2.75, 3.05) is 26.2 Å². The highest BCUT2D eigenvalue weighted by Gasteiger charge is 2.41. The number of benzene rings is 1. The molecule has 0 saturated carbocycles. The van der Waals surface area contributed by atoms with Gasteiger partial charge >= 0.3 is 0 Å². The van der Waals surface area contributed by atoms with Crippen molar-refractivity contribution < 1.29 is 19.1 Å². The predicted molar refractivity (Wildman–Crippen MR) is 112 cm³/mol. The first-order valence-corrected chi connectivity index (χ1v) is 10.6. The molecule has 2 rings (SSSR count). The number of Topliss-reactive ketones (excluding diaryl/α,β-unsaturated/α-hetero) is 1. The van der Waals surface area contributed by atoms with Crippen LogP contribution in [0.1, 0.15) is 64.5 Å². The second kappa shape index (κ2) is 11.1. The topological polar surface area (TPSA) is 60.9 Å².